The summed E-state index contributed by atoms with van der Waals surface area (Å²) < 4.78 is 22.1. The number of hydrogen-bond acceptors (Lipinski definition) is 7. The predicted octanol–water partition coefficient (Wildman–Crippen LogP) is 10.4. The van der Waals surface area contributed by atoms with Crippen molar-refractivity contribution < 1.29 is 33.5 Å². The third kappa shape index (κ3) is 34.5. The molecule has 0 aromatic heterocycles. The van der Waals surface area contributed by atoms with Gasteiger partial charge in [-0.3, -0.25) is 13.8 Å². The van der Waals surface area contributed by atoms with Crippen LogP contribution in [-0.2, 0) is 18.4 Å². The molecule has 4 unspecified atom stereocenters. The van der Waals surface area contributed by atoms with E-state index in [9.17, 15) is 24.5 Å². The molecule has 0 aliphatic rings. The van der Waals surface area contributed by atoms with E-state index in [2.05, 4.69) is 19.2 Å². The van der Waals surface area contributed by atoms with Crippen LogP contribution in [0.25, 0.3) is 0 Å². The third-order valence-electron chi connectivity index (χ3n) is 9.77. The Labute approximate surface area is 308 Å². The van der Waals surface area contributed by atoms with Crippen molar-refractivity contribution in [2.75, 3.05) is 19.8 Å². The number of nitrogens with one attached hydrogen (secondary N) is 1. The van der Waals surface area contributed by atoms with Gasteiger partial charge in [-0.2, -0.15) is 0 Å². The highest BCUT2D eigenvalue weighted by atomic mass is 31.2. The smallest absolute Gasteiger partial charge is 0.393 e. The van der Waals surface area contributed by atoms with Gasteiger partial charge in [-0.25, -0.2) is 4.57 Å². The molecule has 6 N–H and O–H groups in total. The molecule has 0 saturated heterocycles. The third-order valence-corrected chi connectivity index (χ3v) is 10.7. The van der Waals surface area contributed by atoms with Crippen molar-refractivity contribution in [3.63, 3.8) is 0 Å². The molecular formula is C40H83N2O7P. The molecule has 0 fully saturated rings. The first-order valence-corrected chi connectivity index (χ1v) is 22.7. The first-order valence-electron chi connectivity index (χ1n) is 21.2. The number of aliphatic hydroxyl groups is 2. The van der Waals surface area contributed by atoms with E-state index in [1.54, 1.807) is 0 Å². The lowest BCUT2D eigenvalue weighted by Gasteiger charge is -2.25. The van der Waals surface area contributed by atoms with Crippen LogP contribution in [0, 0.1) is 0 Å². The summed E-state index contributed by atoms with van der Waals surface area (Å²) in [5.41, 5.74) is 5.36. The molecule has 0 saturated carbocycles. The quantitative estimate of drug-likeness (QED) is 0.0308. The SMILES string of the molecule is CCCCCCCCCCCCCCCCCCCC(O)C(COP(=O)(O)OCCN)NC(=O)CC(O)CCCCCCCCCCCCC. The molecule has 300 valence electrons. The van der Waals surface area contributed by atoms with E-state index in [0.29, 0.717) is 12.8 Å². The topological polar surface area (TPSA) is 151 Å². The standard InChI is InChI=1S/C40H83N2O7P/c1-3-5-7-9-11-13-15-16-17-18-19-20-22-24-26-28-30-32-39(44)38(36-49-50(46,47)48-34-33-41)42-40(45)35-37(43)31-29-27-25-23-21-14-12-10-8-6-4-2/h37-39,43-44H,3-36,41H2,1-2H3,(H,42,45)(H,46,47). The fraction of sp³-hybridized carbons (Fsp3) is 0.975. The molecule has 0 aliphatic heterocycles. The average Bonchev–Trinajstić information content (AvgIpc) is 3.09. The van der Waals surface area contributed by atoms with Crippen LogP contribution in [0.1, 0.15) is 213 Å². The lowest BCUT2D eigenvalue weighted by atomic mass is 10.0. The Bertz CT molecular complexity index is 776. The lowest BCUT2D eigenvalue weighted by Crippen LogP contribution is -2.47. The summed E-state index contributed by atoms with van der Waals surface area (Å²) in [7, 11) is -4.37. The number of carbonyl (C=O) groups is 1. The molecule has 0 aromatic rings. The number of carbonyl (C=O) groups excluding carboxylic acids is 1. The largest absolute Gasteiger partial charge is 0.472 e. The van der Waals surface area contributed by atoms with Gasteiger partial charge >= 0.3 is 7.82 Å². The van der Waals surface area contributed by atoms with Crippen molar-refractivity contribution >= 4 is 13.7 Å². The highest BCUT2D eigenvalue weighted by Gasteiger charge is 2.28. The zero-order valence-corrected chi connectivity index (χ0v) is 33.7. The van der Waals surface area contributed by atoms with Gasteiger partial charge in [-0.15, -0.1) is 0 Å². The van der Waals surface area contributed by atoms with Gasteiger partial charge in [0.25, 0.3) is 0 Å². The maximum absolute atomic E-state index is 12.8. The Morgan fingerprint density at radius 2 is 0.960 bits per heavy atom. The second-order valence-electron chi connectivity index (χ2n) is 14.8. The normalized spacial score (nSPS) is 14.8. The van der Waals surface area contributed by atoms with Crippen LogP contribution in [0.5, 0.6) is 0 Å². The Kier molecular flexibility index (Phi) is 36.4. The van der Waals surface area contributed by atoms with E-state index in [1.807, 2.05) is 0 Å². The van der Waals surface area contributed by atoms with Crippen LogP contribution < -0.4 is 11.1 Å². The molecule has 10 heteroatoms. The summed E-state index contributed by atoms with van der Waals surface area (Å²) in [6.45, 7) is 4.05. The number of nitrogens with two attached hydrogens (primary N) is 1. The fourth-order valence-corrected chi connectivity index (χ4v) is 7.29. The van der Waals surface area contributed by atoms with Crippen LogP contribution >= 0.6 is 7.82 Å². The minimum atomic E-state index is -4.37. The Morgan fingerprint density at radius 1 is 0.600 bits per heavy atom. The number of rotatable bonds is 40. The van der Waals surface area contributed by atoms with E-state index in [0.717, 1.165) is 38.5 Å². The number of hydrogen-bond donors (Lipinski definition) is 5. The van der Waals surface area contributed by atoms with Crippen LogP contribution in [0.2, 0.25) is 0 Å². The molecule has 0 rings (SSSR count). The second-order valence-corrected chi connectivity index (χ2v) is 16.2. The van der Waals surface area contributed by atoms with Crippen LogP contribution in [0.15, 0.2) is 0 Å². The highest BCUT2D eigenvalue weighted by Crippen LogP contribution is 2.43. The number of aliphatic hydroxyl groups excluding tert-OH is 2. The Hall–Kier alpha value is -0.540. The molecule has 1 amide bonds. The molecule has 0 bridgehead atoms. The summed E-state index contributed by atoms with van der Waals surface area (Å²) in [4.78, 5) is 22.7. The molecule has 9 nitrogen and oxygen atoms in total. The summed E-state index contributed by atoms with van der Waals surface area (Å²) >= 11 is 0. The van der Waals surface area contributed by atoms with Gasteiger partial charge in [0.1, 0.15) is 0 Å². The van der Waals surface area contributed by atoms with Crippen molar-refractivity contribution in [2.24, 2.45) is 5.73 Å². The zero-order valence-electron chi connectivity index (χ0n) is 32.8. The maximum Gasteiger partial charge on any atom is 0.472 e. The number of phosphoric ester groups is 1. The first kappa shape index (κ1) is 49.5. The van der Waals surface area contributed by atoms with Gasteiger partial charge in [-0.05, 0) is 12.8 Å². The number of amides is 1. The van der Waals surface area contributed by atoms with Crippen LogP contribution in [0.4, 0.5) is 0 Å². The van der Waals surface area contributed by atoms with E-state index in [4.69, 9.17) is 14.8 Å². The minimum absolute atomic E-state index is 0.0625. The van der Waals surface area contributed by atoms with Gasteiger partial charge in [0, 0.05) is 6.54 Å². The summed E-state index contributed by atoms with van der Waals surface area (Å²) in [5.74, 6) is -0.411. The van der Waals surface area contributed by atoms with Gasteiger partial charge in [0.15, 0.2) is 0 Å². The van der Waals surface area contributed by atoms with Crippen LogP contribution in [-0.4, -0.2) is 59.0 Å². The predicted molar refractivity (Wildman–Crippen MR) is 209 cm³/mol. The fourth-order valence-electron chi connectivity index (χ4n) is 6.53. The summed E-state index contributed by atoms with van der Waals surface area (Å²) in [6.07, 6.45) is 34.3. The Balaban J connectivity index is 4.26. The van der Waals surface area contributed by atoms with Gasteiger partial charge < -0.3 is 26.2 Å². The molecular weight excluding hydrogens is 651 g/mol. The van der Waals surface area contributed by atoms with Crippen LogP contribution in [0.3, 0.4) is 0 Å². The summed E-state index contributed by atoms with van der Waals surface area (Å²) in [6, 6.07) is -0.889. The molecule has 4 atom stereocenters. The highest BCUT2D eigenvalue weighted by molar-refractivity contribution is 7.47. The number of unbranched alkanes of at least 4 members (excludes halogenated alkanes) is 26. The molecule has 50 heavy (non-hydrogen) atoms. The molecule has 0 aromatic carbocycles. The molecule has 0 heterocycles. The lowest BCUT2D eigenvalue weighted by molar-refractivity contribution is -0.125. The van der Waals surface area contributed by atoms with E-state index in [1.165, 1.54) is 141 Å². The van der Waals surface area contributed by atoms with E-state index < -0.39 is 32.0 Å². The molecule has 0 aliphatic carbocycles. The van der Waals surface area contributed by atoms with Crippen molar-refractivity contribution in [1.82, 2.24) is 5.32 Å². The monoisotopic (exact) mass is 735 g/mol. The second kappa shape index (κ2) is 36.8. The minimum Gasteiger partial charge on any atom is -0.393 e. The zero-order chi connectivity index (χ0) is 37.0. The van der Waals surface area contributed by atoms with Gasteiger partial charge in [-0.1, -0.05) is 194 Å². The van der Waals surface area contributed by atoms with Gasteiger partial charge in [0.2, 0.25) is 5.91 Å². The maximum atomic E-state index is 12.8. The van der Waals surface area contributed by atoms with Crippen molar-refractivity contribution in [3.8, 4) is 0 Å². The van der Waals surface area contributed by atoms with E-state index in [-0.39, 0.29) is 26.2 Å². The Morgan fingerprint density at radius 3 is 1.34 bits per heavy atom. The van der Waals surface area contributed by atoms with Crippen molar-refractivity contribution in [3.05, 3.63) is 0 Å². The molecule has 0 radical (unpaired) electrons. The average molecular weight is 735 g/mol. The summed E-state index contributed by atoms with van der Waals surface area (Å²) in [5, 5.41) is 24.1. The van der Waals surface area contributed by atoms with Crippen molar-refractivity contribution in [1.29, 1.82) is 0 Å². The van der Waals surface area contributed by atoms with Gasteiger partial charge in [0.05, 0.1) is 37.9 Å². The van der Waals surface area contributed by atoms with E-state index >= 15 is 0 Å². The molecule has 0 spiro atoms. The first-order chi connectivity index (χ1) is 24.3. The van der Waals surface area contributed by atoms with Crippen molar-refractivity contribution in [2.45, 2.75) is 231 Å². The number of phosphoric acid groups is 1.